The van der Waals surface area contributed by atoms with Gasteiger partial charge >= 0.3 is 12.0 Å². The zero-order chi connectivity index (χ0) is 20.0. The second kappa shape index (κ2) is 8.91. The smallest absolute Gasteiger partial charge is 0.325 e. The van der Waals surface area contributed by atoms with Crippen LogP contribution >= 0.6 is 0 Å². The lowest BCUT2D eigenvalue weighted by Crippen LogP contribution is -2.49. The predicted molar refractivity (Wildman–Crippen MR) is 105 cm³/mol. The zero-order valence-corrected chi connectivity index (χ0v) is 16.2. The summed E-state index contributed by atoms with van der Waals surface area (Å²) in [6.07, 6.45) is 6.20. The second-order valence-electron chi connectivity index (χ2n) is 7.49. The van der Waals surface area contributed by atoms with E-state index in [2.05, 4.69) is 10.1 Å². The number of amides is 3. The molecule has 7 nitrogen and oxygen atoms in total. The molecule has 0 atom stereocenters. The molecular weight excluding hydrogens is 358 g/mol. The molecule has 2 saturated heterocycles. The Balaban J connectivity index is 1.47. The number of methoxy groups -OCH3 is 1. The van der Waals surface area contributed by atoms with E-state index in [-0.39, 0.29) is 23.9 Å². The highest BCUT2D eigenvalue weighted by Crippen LogP contribution is 2.40. The number of hydrogen-bond donors (Lipinski definition) is 1. The molecule has 2 fully saturated rings. The molecule has 0 radical (unpaired) electrons. The Morgan fingerprint density at radius 1 is 1.21 bits per heavy atom. The maximum atomic E-state index is 12.5. The summed E-state index contributed by atoms with van der Waals surface area (Å²) in [6.45, 7) is 2.40. The van der Waals surface area contributed by atoms with Crippen LogP contribution in [0, 0.1) is 5.41 Å². The molecule has 3 amide bonds. The van der Waals surface area contributed by atoms with Crippen molar-refractivity contribution in [1.29, 1.82) is 0 Å². The van der Waals surface area contributed by atoms with Crippen LogP contribution in [0.5, 0.6) is 0 Å². The number of hydrogen-bond acceptors (Lipinski definition) is 4. The van der Waals surface area contributed by atoms with Gasteiger partial charge in [0.05, 0.1) is 7.11 Å². The summed E-state index contributed by atoms with van der Waals surface area (Å²) in [5.74, 6) is -0.288. The van der Waals surface area contributed by atoms with E-state index >= 15 is 0 Å². The van der Waals surface area contributed by atoms with Gasteiger partial charge in [-0.2, -0.15) is 0 Å². The van der Waals surface area contributed by atoms with Gasteiger partial charge in [0.25, 0.3) is 0 Å². The third-order valence-electron chi connectivity index (χ3n) is 5.56. The maximum absolute atomic E-state index is 12.5. The molecule has 2 aliphatic rings. The first-order valence-electron chi connectivity index (χ1n) is 9.60. The van der Waals surface area contributed by atoms with Crippen LogP contribution in [0.1, 0.15) is 24.8 Å². The molecule has 7 heteroatoms. The molecule has 150 valence electrons. The van der Waals surface area contributed by atoms with Crippen molar-refractivity contribution in [3.05, 3.63) is 42.0 Å². The average Bonchev–Trinajstić information content (AvgIpc) is 3.02. The first-order valence-corrected chi connectivity index (χ1v) is 9.60. The molecule has 2 heterocycles. The fourth-order valence-corrected chi connectivity index (χ4v) is 3.88. The molecule has 2 aliphatic heterocycles. The molecule has 0 aromatic heterocycles. The minimum atomic E-state index is -0.470. The summed E-state index contributed by atoms with van der Waals surface area (Å²) in [7, 11) is 1.29. The van der Waals surface area contributed by atoms with Crippen molar-refractivity contribution in [2.24, 2.45) is 5.41 Å². The number of carbonyl (C=O) groups is 3. The lowest BCUT2D eigenvalue weighted by atomic mass is 9.77. The van der Waals surface area contributed by atoms with Gasteiger partial charge < -0.3 is 19.9 Å². The molecule has 1 spiro atoms. The molecule has 1 aromatic rings. The van der Waals surface area contributed by atoms with Crippen LogP contribution in [0.4, 0.5) is 4.79 Å². The van der Waals surface area contributed by atoms with Crippen molar-refractivity contribution < 1.29 is 19.1 Å². The highest BCUT2D eigenvalue weighted by molar-refractivity contribution is 5.81. The first kappa shape index (κ1) is 19.9. The summed E-state index contributed by atoms with van der Waals surface area (Å²) in [6, 6.07) is 9.77. The first-order chi connectivity index (χ1) is 13.5. The van der Waals surface area contributed by atoms with Gasteiger partial charge in [-0.15, -0.1) is 0 Å². The summed E-state index contributed by atoms with van der Waals surface area (Å²) in [5.41, 5.74) is 1.08. The van der Waals surface area contributed by atoms with Crippen molar-refractivity contribution >= 4 is 24.0 Å². The number of piperidine rings is 1. The largest absolute Gasteiger partial charge is 0.468 e. The van der Waals surface area contributed by atoms with Crippen LogP contribution in [-0.2, 0) is 14.3 Å². The molecule has 28 heavy (non-hydrogen) atoms. The van der Waals surface area contributed by atoms with E-state index < -0.39 is 5.97 Å². The Morgan fingerprint density at radius 3 is 2.61 bits per heavy atom. The van der Waals surface area contributed by atoms with Gasteiger partial charge in [0.2, 0.25) is 5.91 Å². The van der Waals surface area contributed by atoms with E-state index in [4.69, 9.17) is 0 Å². The van der Waals surface area contributed by atoms with Crippen molar-refractivity contribution in [3.8, 4) is 0 Å². The predicted octanol–water partition coefficient (Wildman–Crippen LogP) is 1.90. The van der Waals surface area contributed by atoms with Gasteiger partial charge in [0.15, 0.2) is 0 Å². The Labute approximate surface area is 165 Å². The molecule has 0 unspecified atom stereocenters. The van der Waals surface area contributed by atoms with Gasteiger partial charge in [-0.05, 0) is 18.4 Å². The number of nitrogens with zero attached hydrogens (tertiary/aromatic N) is 2. The van der Waals surface area contributed by atoms with E-state index in [0.29, 0.717) is 26.1 Å². The van der Waals surface area contributed by atoms with Crippen LogP contribution in [0.15, 0.2) is 36.4 Å². The lowest BCUT2D eigenvalue weighted by molar-refractivity contribution is -0.139. The summed E-state index contributed by atoms with van der Waals surface area (Å²) >= 11 is 0. The summed E-state index contributed by atoms with van der Waals surface area (Å²) < 4.78 is 4.53. The van der Waals surface area contributed by atoms with Gasteiger partial charge in [-0.3, -0.25) is 9.59 Å². The number of rotatable bonds is 5. The molecule has 0 bridgehead atoms. The topological polar surface area (TPSA) is 79.0 Å². The van der Waals surface area contributed by atoms with E-state index in [1.165, 1.54) is 7.11 Å². The second-order valence-corrected chi connectivity index (χ2v) is 7.49. The van der Waals surface area contributed by atoms with Gasteiger partial charge in [0.1, 0.15) is 6.54 Å². The van der Waals surface area contributed by atoms with Gasteiger partial charge in [-0.1, -0.05) is 42.5 Å². The number of carbonyl (C=O) groups excluding carboxylic acids is 3. The van der Waals surface area contributed by atoms with E-state index in [9.17, 15) is 14.4 Å². The molecule has 0 aliphatic carbocycles. The van der Waals surface area contributed by atoms with E-state index in [0.717, 1.165) is 24.9 Å². The SMILES string of the molecule is COC(=O)CNC(=O)N1CCC2(CC1)CC(=O)N(C/C=C/c1ccccc1)C2. The van der Waals surface area contributed by atoms with Crippen LogP contribution in [0.25, 0.3) is 6.08 Å². The molecular formula is C21H27N3O4. The van der Waals surface area contributed by atoms with Crippen LogP contribution < -0.4 is 5.32 Å². The Kier molecular flexibility index (Phi) is 6.34. The van der Waals surface area contributed by atoms with E-state index in [1.54, 1.807) is 4.90 Å². The standard InChI is InChI=1S/C21H27N3O4/c1-28-19(26)15-22-20(27)23-12-9-21(10-13-23)14-18(25)24(16-21)11-5-8-17-6-3-2-4-7-17/h2-8H,9-16H2,1H3,(H,22,27)/b8-5+. The Morgan fingerprint density at radius 2 is 1.93 bits per heavy atom. The summed E-state index contributed by atoms with van der Waals surface area (Å²) in [4.78, 5) is 39.4. The third-order valence-corrected chi connectivity index (χ3v) is 5.56. The quantitative estimate of drug-likeness (QED) is 0.785. The number of nitrogens with one attached hydrogen (secondary N) is 1. The molecule has 0 saturated carbocycles. The normalized spacial score (nSPS) is 18.7. The lowest BCUT2D eigenvalue weighted by Gasteiger charge is -2.38. The van der Waals surface area contributed by atoms with Crippen molar-refractivity contribution in [2.75, 3.05) is 39.8 Å². The minimum absolute atomic E-state index is 0.0448. The Bertz CT molecular complexity index is 739. The molecule has 3 rings (SSSR count). The van der Waals surface area contributed by atoms with Crippen molar-refractivity contribution in [3.63, 3.8) is 0 Å². The van der Waals surface area contributed by atoms with Gasteiger partial charge in [0, 0.05) is 38.0 Å². The van der Waals surface area contributed by atoms with Crippen molar-refractivity contribution in [1.82, 2.24) is 15.1 Å². The van der Waals surface area contributed by atoms with Crippen LogP contribution in [-0.4, -0.2) is 67.5 Å². The van der Waals surface area contributed by atoms with E-state index in [1.807, 2.05) is 47.4 Å². The number of ether oxygens (including phenoxy) is 1. The molecule has 1 N–H and O–H groups in total. The number of urea groups is 1. The fraction of sp³-hybridized carbons (Fsp3) is 0.476. The number of esters is 1. The number of likely N-dealkylation sites (tertiary alicyclic amines) is 2. The van der Waals surface area contributed by atoms with Crippen LogP contribution in [0.2, 0.25) is 0 Å². The number of benzene rings is 1. The monoisotopic (exact) mass is 385 g/mol. The third kappa shape index (κ3) is 4.91. The summed E-state index contributed by atoms with van der Waals surface area (Å²) in [5, 5.41) is 2.57. The van der Waals surface area contributed by atoms with Crippen molar-refractivity contribution in [2.45, 2.75) is 19.3 Å². The highest BCUT2D eigenvalue weighted by atomic mass is 16.5. The van der Waals surface area contributed by atoms with Gasteiger partial charge in [-0.25, -0.2) is 4.79 Å². The molecule has 1 aromatic carbocycles. The Hall–Kier alpha value is -2.83. The fourth-order valence-electron chi connectivity index (χ4n) is 3.88. The minimum Gasteiger partial charge on any atom is -0.468 e. The maximum Gasteiger partial charge on any atom is 0.325 e. The average molecular weight is 385 g/mol. The van der Waals surface area contributed by atoms with Crippen LogP contribution in [0.3, 0.4) is 0 Å². The highest BCUT2D eigenvalue weighted by Gasteiger charge is 2.45. The zero-order valence-electron chi connectivity index (χ0n) is 16.2.